The second kappa shape index (κ2) is 9.13. The molecule has 1 aliphatic heterocycles. The molecular formula is C24H16ClFN2O5. The third-order valence-corrected chi connectivity index (χ3v) is 5.11. The third-order valence-electron chi connectivity index (χ3n) is 4.82. The highest BCUT2D eigenvalue weighted by Gasteiger charge is 2.36. The molecule has 0 atom stereocenters. The lowest BCUT2D eigenvalue weighted by Gasteiger charge is -2.26. The van der Waals surface area contributed by atoms with Gasteiger partial charge in [0.25, 0.3) is 11.8 Å². The van der Waals surface area contributed by atoms with Gasteiger partial charge in [0.1, 0.15) is 29.5 Å². The van der Waals surface area contributed by atoms with Crippen molar-refractivity contribution in [2.45, 2.75) is 6.61 Å². The number of carbonyl (C=O) groups excluding carboxylic acids is 3. The maximum atomic E-state index is 13.8. The van der Waals surface area contributed by atoms with Crippen LogP contribution in [0.25, 0.3) is 6.08 Å². The highest BCUT2D eigenvalue weighted by atomic mass is 35.5. The molecule has 7 nitrogen and oxygen atoms in total. The molecule has 1 saturated heterocycles. The van der Waals surface area contributed by atoms with Crippen molar-refractivity contribution in [1.29, 1.82) is 0 Å². The fourth-order valence-electron chi connectivity index (χ4n) is 3.16. The van der Waals surface area contributed by atoms with Crippen LogP contribution in [0.1, 0.15) is 11.1 Å². The van der Waals surface area contributed by atoms with Crippen molar-refractivity contribution >= 4 is 41.2 Å². The summed E-state index contributed by atoms with van der Waals surface area (Å²) in [7, 11) is 0. The second-order valence-electron chi connectivity index (χ2n) is 7.04. The molecule has 0 aromatic heterocycles. The molecule has 2 N–H and O–H groups in total. The first-order valence-electron chi connectivity index (χ1n) is 9.70. The SMILES string of the molecule is O=C1NC(=O)N(c2ccc(O)cc2)C(=O)/C1=C/c1ccc(OCc2ccccc2F)c(Cl)c1. The minimum atomic E-state index is -0.900. The number of phenols is 1. The number of carbonyl (C=O) groups is 3. The van der Waals surface area contributed by atoms with E-state index in [1.165, 1.54) is 48.5 Å². The van der Waals surface area contributed by atoms with Crippen LogP contribution < -0.4 is 15.0 Å². The molecule has 4 amide bonds. The summed E-state index contributed by atoms with van der Waals surface area (Å²) in [6.07, 6.45) is 1.30. The Hall–Kier alpha value is -4.17. The number of rotatable bonds is 5. The van der Waals surface area contributed by atoms with E-state index in [9.17, 15) is 23.9 Å². The number of urea groups is 1. The molecule has 0 aliphatic carbocycles. The van der Waals surface area contributed by atoms with Gasteiger partial charge >= 0.3 is 6.03 Å². The van der Waals surface area contributed by atoms with Crippen LogP contribution in [0.5, 0.6) is 11.5 Å². The molecule has 3 aromatic carbocycles. The fourth-order valence-corrected chi connectivity index (χ4v) is 3.40. The summed E-state index contributed by atoms with van der Waals surface area (Å²) in [5.41, 5.74) is 0.683. The van der Waals surface area contributed by atoms with Crippen LogP contribution in [0.2, 0.25) is 5.02 Å². The molecular weight excluding hydrogens is 451 g/mol. The summed E-state index contributed by atoms with van der Waals surface area (Å²) in [6, 6.07) is 15.2. The number of hydrogen-bond acceptors (Lipinski definition) is 5. The van der Waals surface area contributed by atoms with Gasteiger partial charge in [0.05, 0.1) is 10.7 Å². The van der Waals surface area contributed by atoms with Crippen molar-refractivity contribution in [3.63, 3.8) is 0 Å². The quantitative estimate of drug-likeness (QED) is 0.428. The van der Waals surface area contributed by atoms with Crippen molar-refractivity contribution in [1.82, 2.24) is 5.32 Å². The lowest BCUT2D eigenvalue weighted by molar-refractivity contribution is -0.122. The number of benzene rings is 3. The zero-order valence-corrected chi connectivity index (χ0v) is 17.7. The number of ether oxygens (including phenoxy) is 1. The van der Waals surface area contributed by atoms with E-state index in [4.69, 9.17) is 16.3 Å². The summed E-state index contributed by atoms with van der Waals surface area (Å²) in [5, 5.41) is 11.7. The van der Waals surface area contributed by atoms with Crippen molar-refractivity contribution in [2.24, 2.45) is 0 Å². The van der Waals surface area contributed by atoms with Gasteiger partial charge in [-0.2, -0.15) is 0 Å². The summed E-state index contributed by atoms with van der Waals surface area (Å²) in [4.78, 5) is 38.2. The predicted octanol–water partition coefficient (Wildman–Crippen LogP) is 4.43. The fraction of sp³-hybridized carbons (Fsp3) is 0.0417. The number of amides is 4. The lowest BCUT2D eigenvalue weighted by atomic mass is 10.1. The van der Waals surface area contributed by atoms with Gasteiger partial charge in [0, 0.05) is 5.56 Å². The highest BCUT2D eigenvalue weighted by Crippen LogP contribution is 2.29. The van der Waals surface area contributed by atoms with Crippen LogP contribution in [0.4, 0.5) is 14.9 Å². The van der Waals surface area contributed by atoms with Crippen LogP contribution in [0.3, 0.4) is 0 Å². The first-order valence-corrected chi connectivity index (χ1v) is 10.1. The number of hydrogen-bond donors (Lipinski definition) is 2. The van der Waals surface area contributed by atoms with Gasteiger partial charge < -0.3 is 9.84 Å². The molecule has 0 spiro atoms. The van der Waals surface area contributed by atoms with E-state index in [0.717, 1.165) is 4.90 Å². The predicted molar refractivity (Wildman–Crippen MR) is 119 cm³/mol. The molecule has 0 bridgehead atoms. The molecule has 0 unspecified atom stereocenters. The van der Waals surface area contributed by atoms with E-state index < -0.39 is 23.7 Å². The summed E-state index contributed by atoms with van der Waals surface area (Å²) < 4.78 is 19.3. The first kappa shape index (κ1) is 22.0. The zero-order valence-electron chi connectivity index (χ0n) is 16.9. The Morgan fingerprint density at radius 3 is 2.45 bits per heavy atom. The first-order chi connectivity index (χ1) is 15.8. The van der Waals surface area contributed by atoms with E-state index in [-0.39, 0.29) is 28.6 Å². The maximum absolute atomic E-state index is 13.8. The molecule has 33 heavy (non-hydrogen) atoms. The van der Waals surface area contributed by atoms with Crippen LogP contribution in [0.15, 0.2) is 72.3 Å². The Morgan fingerprint density at radius 2 is 1.76 bits per heavy atom. The zero-order chi connectivity index (χ0) is 23.5. The molecule has 0 saturated carbocycles. The number of phenolic OH excluding ortho intramolecular Hbond substituents is 1. The number of halogens is 2. The van der Waals surface area contributed by atoms with Gasteiger partial charge in [-0.15, -0.1) is 0 Å². The van der Waals surface area contributed by atoms with Gasteiger partial charge in [-0.1, -0.05) is 35.9 Å². The minimum Gasteiger partial charge on any atom is -0.508 e. The number of imide groups is 2. The largest absolute Gasteiger partial charge is 0.508 e. The average molecular weight is 467 g/mol. The van der Waals surface area contributed by atoms with Gasteiger partial charge in [0.2, 0.25) is 0 Å². The van der Waals surface area contributed by atoms with E-state index >= 15 is 0 Å². The summed E-state index contributed by atoms with van der Waals surface area (Å²) >= 11 is 6.27. The van der Waals surface area contributed by atoms with E-state index in [2.05, 4.69) is 5.32 Å². The molecule has 4 rings (SSSR count). The number of barbiturate groups is 1. The number of nitrogens with zero attached hydrogens (tertiary/aromatic N) is 1. The van der Waals surface area contributed by atoms with Crippen LogP contribution in [0, 0.1) is 5.82 Å². The van der Waals surface area contributed by atoms with Gasteiger partial charge in [-0.3, -0.25) is 14.9 Å². The second-order valence-corrected chi connectivity index (χ2v) is 7.45. The van der Waals surface area contributed by atoms with E-state index in [1.807, 2.05) is 0 Å². The molecule has 166 valence electrons. The van der Waals surface area contributed by atoms with E-state index in [0.29, 0.717) is 16.9 Å². The van der Waals surface area contributed by atoms with Gasteiger partial charge in [0.15, 0.2) is 0 Å². The lowest BCUT2D eigenvalue weighted by Crippen LogP contribution is -2.54. The van der Waals surface area contributed by atoms with Gasteiger partial charge in [-0.05, 0) is 54.1 Å². The summed E-state index contributed by atoms with van der Waals surface area (Å²) in [6.45, 7) is -0.0303. The normalized spacial score (nSPS) is 15.0. The molecule has 3 aromatic rings. The molecule has 9 heteroatoms. The molecule has 0 radical (unpaired) electrons. The van der Waals surface area contributed by atoms with Gasteiger partial charge in [-0.25, -0.2) is 14.1 Å². The van der Waals surface area contributed by atoms with Crippen LogP contribution in [-0.4, -0.2) is 23.0 Å². The van der Waals surface area contributed by atoms with Crippen molar-refractivity contribution in [2.75, 3.05) is 4.90 Å². The molecule has 1 heterocycles. The number of nitrogens with one attached hydrogen (secondary N) is 1. The molecule has 1 fully saturated rings. The smallest absolute Gasteiger partial charge is 0.335 e. The Labute approximate surface area is 192 Å². The standard InChI is InChI=1S/C24H16ClFN2O5/c25-19-12-14(5-10-21(19)33-13-15-3-1-2-4-20(15)26)11-18-22(30)27-24(32)28(23(18)31)16-6-8-17(29)9-7-16/h1-12,29H,13H2,(H,27,30,32)/b18-11+. The Kier molecular flexibility index (Phi) is 6.10. The Morgan fingerprint density at radius 1 is 1.03 bits per heavy atom. The Bertz CT molecular complexity index is 1290. The number of aromatic hydroxyl groups is 1. The molecule has 1 aliphatic rings. The third kappa shape index (κ3) is 4.70. The summed E-state index contributed by atoms with van der Waals surface area (Å²) in [5.74, 6) is -1.82. The van der Waals surface area contributed by atoms with E-state index in [1.54, 1.807) is 24.3 Å². The van der Waals surface area contributed by atoms with Crippen molar-refractivity contribution in [3.05, 3.63) is 94.3 Å². The average Bonchev–Trinajstić information content (AvgIpc) is 2.78. The minimum absolute atomic E-state index is 0.0303. The highest BCUT2D eigenvalue weighted by molar-refractivity contribution is 6.39. The number of anilines is 1. The Balaban J connectivity index is 1.57. The monoisotopic (exact) mass is 466 g/mol. The van der Waals surface area contributed by atoms with Crippen LogP contribution >= 0.6 is 11.6 Å². The van der Waals surface area contributed by atoms with Crippen molar-refractivity contribution < 1.29 is 28.6 Å². The maximum Gasteiger partial charge on any atom is 0.335 e. The van der Waals surface area contributed by atoms with Crippen molar-refractivity contribution in [3.8, 4) is 11.5 Å². The van der Waals surface area contributed by atoms with Crippen LogP contribution in [-0.2, 0) is 16.2 Å². The topological polar surface area (TPSA) is 95.9 Å².